The molecular weight excluding hydrogens is 290 g/mol. The molecule has 21 heavy (non-hydrogen) atoms. The van der Waals surface area contributed by atoms with Gasteiger partial charge in [0.25, 0.3) is 0 Å². The van der Waals surface area contributed by atoms with E-state index < -0.39 is 15.6 Å². The third kappa shape index (κ3) is 4.85. The Morgan fingerprint density at radius 3 is 2.52 bits per heavy atom. The number of sulfonamides is 1. The fourth-order valence-corrected chi connectivity index (χ4v) is 2.82. The van der Waals surface area contributed by atoms with Gasteiger partial charge in [-0.25, -0.2) is 8.42 Å². The van der Waals surface area contributed by atoms with Crippen molar-refractivity contribution < 1.29 is 13.2 Å². The topological polar surface area (TPSA) is 90.3 Å². The molecule has 1 amide bonds. The smallest absolute Gasteiger partial charge is 0.243 e. The summed E-state index contributed by atoms with van der Waals surface area (Å²) in [5, 5.41) is 11.5. The number of benzene rings is 1. The third-order valence-corrected chi connectivity index (χ3v) is 4.35. The number of hydrogen-bond donors (Lipinski definition) is 1. The monoisotopic (exact) mass is 309 g/mol. The van der Waals surface area contributed by atoms with E-state index >= 15 is 0 Å². The first-order valence-corrected chi connectivity index (χ1v) is 7.78. The number of nitrogens with one attached hydrogen (secondary N) is 1. The van der Waals surface area contributed by atoms with Crippen LogP contribution in [-0.2, 0) is 14.8 Å². The van der Waals surface area contributed by atoms with Crippen LogP contribution in [0.3, 0.4) is 0 Å². The first-order valence-electron chi connectivity index (χ1n) is 6.34. The molecule has 0 spiro atoms. The van der Waals surface area contributed by atoms with Gasteiger partial charge in [0.05, 0.1) is 23.1 Å². The molecule has 1 rings (SSSR count). The van der Waals surface area contributed by atoms with E-state index in [2.05, 4.69) is 5.32 Å². The van der Waals surface area contributed by atoms with Gasteiger partial charge in [-0.3, -0.25) is 4.79 Å². The number of nitrogens with zero attached hydrogens (tertiary/aromatic N) is 2. The number of amides is 1. The zero-order valence-electron chi connectivity index (χ0n) is 12.5. The number of likely N-dealkylation sites (N-methyl/N-ethyl adjacent to an activating group) is 1. The van der Waals surface area contributed by atoms with E-state index in [1.165, 1.54) is 31.3 Å². The normalized spacial score (nSPS) is 12.0. The van der Waals surface area contributed by atoms with Crippen LogP contribution in [0.5, 0.6) is 0 Å². The van der Waals surface area contributed by atoms with Crippen molar-refractivity contribution in [3.8, 4) is 6.07 Å². The molecule has 7 heteroatoms. The average Bonchev–Trinajstić information content (AvgIpc) is 2.36. The Labute approximate surface area is 125 Å². The van der Waals surface area contributed by atoms with E-state index in [1.54, 1.807) is 0 Å². The fraction of sp³-hybridized carbons (Fsp3) is 0.429. The Bertz CT molecular complexity index is 669. The van der Waals surface area contributed by atoms with Crippen molar-refractivity contribution in [2.75, 3.05) is 13.6 Å². The maximum atomic E-state index is 12.3. The van der Waals surface area contributed by atoms with Gasteiger partial charge < -0.3 is 5.32 Å². The van der Waals surface area contributed by atoms with Gasteiger partial charge in [0, 0.05) is 12.6 Å². The lowest BCUT2D eigenvalue weighted by molar-refractivity contribution is -0.122. The molecular formula is C14H19N3O3S. The highest BCUT2D eigenvalue weighted by atomic mass is 32.2. The van der Waals surface area contributed by atoms with Crippen LogP contribution in [0.25, 0.3) is 0 Å². The number of hydrogen-bond acceptors (Lipinski definition) is 4. The quantitative estimate of drug-likeness (QED) is 0.901. The molecule has 6 nitrogen and oxygen atoms in total. The summed E-state index contributed by atoms with van der Waals surface area (Å²) in [7, 11) is -2.47. The molecule has 0 radical (unpaired) electrons. The van der Waals surface area contributed by atoms with Crippen molar-refractivity contribution in [2.24, 2.45) is 0 Å². The van der Waals surface area contributed by atoms with Gasteiger partial charge in [-0.2, -0.15) is 9.57 Å². The van der Waals surface area contributed by atoms with Crippen LogP contribution < -0.4 is 5.32 Å². The summed E-state index contributed by atoms with van der Waals surface area (Å²) < 4.78 is 25.6. The van der Waals surface area contributed by atoms with Crippen molar-refractivity contribution in [3.05, 3.63) is 29.8 Å². The van der Waals surface area contributed by atoms with Crippen LogP contribution in [0.15, 0.2) is 29.2 Å². The lowest BCUT2D eigenvalue weighted by Gasteiger charge is -2.23. The summed E-state index contributed by atoms with van der Waals surface area (Å²) in [6.07, 6.45) is 0. The Morgan fingerprint density at radius 1 is 1.38 bits per heavy atom. The van der Waals surface area contributed by atoms with Gasteiger partial charge >= 0.3 is 0 Å². The van der Waals surface area contributed by atoms with Gasteiger partial charge in [0.1, 0.15) is 0 Å². The minimum absolute atomic E-state index is 0.00684. The summed E-state index contributed by atoms with van der Waals surface area (Å²) in [6, 6.07) is 7.58. The Hall–Kier alpha value is -1.91. The van der Waals surface area contributed by atoms with Crippen LogP contribution in [0, 0.1) is 11.3 Å². The molecule has 0 unspecified atom stereocenters. The van der Waals surface area contributed by atoms with Crippen LogP contribution in [0.2, 0.25) is 0 Å². The molecule has 0 aromatic heterocycles. The molecule has 0 saturated carbocycles. The maximum absolute atomic E-state index is 12.3. The van der Waals surface area contributed by atoms with Gasteiger partial charge in [-0.1, -0.05) is 6.07 Å². The standard InChI is InChI=1S/C14H19N3O3S/c1-14(2,3)16-13(18)10-17(4)21(19,20)12-7-5-6-11(8-12)9-15/h5-8H,10H2,1-4H3,(H,16,18). The highest BCUT2D eigenvalue weighted by Crippen LogP contribution is 2.15. The minimum atomic E-state index is -3.80. The first-order chi connectivity index (χ1) is 9.56. The highest BCUT2D eigenvalue weighted by Gasteiger charge is 2.24. The molecule has 0 aliphatic carbocycles. The maximum Gasteiger partial charge on any atom is 0.243 e. The molecule has 0 bridgehead atoms. The van der Waals surface area contributed by atoms with Crippen molar-refractivity contribution in [3.63, 3.8) is 0 Å². The fourth-order valence-electron chi connectivity index (χ4n) is 1.65. The lowest BCUT2D eigenvalue weighted by atomic mass is 10.1. The predicted octanol–water partition coefficient (Wildman–Crippen LogP) is 1.09. The number of nitriles is 1. The predicted molar refractivity (Wildman–Crippen MR) is 78.9 cm³/mol. The zero-order valence-corrected chi connectivity index (χ0v) is 13.4. The second kappa shape index (κ2) is 6.24. The molecule has 0 heterocycles. The largest absolute Gasteiger partial charge is 0.350 e. The second-order valence-corrected chi connectivity index (χ2v) is 7.74. The SMILES string of the molecule is CN(CC(=O)NC(C)(C)C)S(=O)(=O)c1cccc(C#N)c1. The number of rotatable bonds is 4. The second-order valence-electron chi connectivity index (χ2n) is 5.70. The van der Waals surface area contributed by atoms with Gasteiger partial charge in [-0.05, 0) is 39.0 Å². The average molecular weight is 309 g/mol. The van der Waals surface area contributed by atoms with Crippen molar-refractivity contribution in [1.29, 1.82) is 5.26 Å². The molecule has 0 aliphatic rings. The summed E-state index contributed by atoms with van der Waals surface area (Å²) in [5.41, 5.74) is -0.175. The van der Waals surface area contributed by atoms with Crippen LogP contribution in [0.4, 0.5) is 0 Å². The molecule has 114 valence electrons. The van der Waals surface area contributed by atoms with Crippen LogP contribution in [0.1, 0.15) is 26.3 Å². The third-order valence-electron chi connectivity index (χ3n) is 2.55. The minimum Gasteiger partial charge on any atom is -0.350 e. The van der Waals surface area contributed by atoms with E-state index in [1.807, 2.05) is 26.8 Å². The van der Waals surface area contributed by atoms with Crippen molar-refractivity contribution >= 4 is 15.9 Å². The summed E-state index contributed by atoms with van der Waals surface area (Å²) in [5.74, 6) is -0.384. The zero-order chi connectivity index (χ0) is 16.3. The Morgan fingerprint density at radius 2 is 2.00 bits per heavy atom. The summed E-state index contributed by atoms with van der Waals surface area (Å²) in [4.78, 5) is 11.8. The highest BCUT2D eigenvalue weighted by molar-refractivity contribution is 7.89. The molecule has 0 aliphatic heterocycles. The van der Waals surface area contributed by atoms with E-state index in [0.29, 0.717) is 0 Å². The van der Waals surface area contributed by atoms with Crippen LogP contribution in [-0.4, -0.2) is 37.8 Å². The Balaban J connectivity index is 2.92. The van der Waals surface area contributed by atoms with E-state index in [-0.39, 0.29) is 22.9 Å². The number of carbonyl (C=O) groups is 1. The molecule has 0 atom stereocenters. The number of carbonyl (C=O) groups excluding carboxylic acids is 1. The molecule has 0 saturated heterocycles. The molecule has 1 aromatic carbocycles. The lowest BCUT2D eigenvalue weighted by Crippen LogP contribution is -2.46. The summed E-state index contributed by atoms with van der Waals surface area (Å²) >= 11 is 0. The Kier molecular flexibility index (Phi) is 5.10. The van der Waals surface area contributed by atoms with E-state index in [0.717, 1.165) is 4.31 Å². The summed E-state index contributed by atoms with van der Waals surface area (Å²) in [6.45, 7) is 5.16. The van der Waals surface area contributed by atoms with E-state index in [9.17, 15) is 13.2 Å². The van der Waals surface area contributed by atoms with Gasteiger partial charge in [0.2, 0.25) is 15.9 Å². The van der Waals surface area contributed by atoms with Crippen molar-refractivity contribution in [2.45, 2.75) is 31.2 Å². The first kappa shape index (κ1) is 17.1. The molecule has 1 N–H and O–H groups in total. The van der Waals surface area contributed by atoms with Gasteiger partial charge in [-0.15, -0.1) is 0 Å². The molecule has 0 fully saturated rings. The van der Waals surface area contributed by atoms with E-state index in [4.69, 9.17) is 5.26 Å². The van der Waals surface area contributed by atoms with Gasteiger partial charge in [0.15, 0.2) is 0 Å². The molecule has 1 aromatic rings. The van der Waals surface area contributed by atoms with Crippen molar-refractivity contribution in [1.82, 2.24) is 9.62 Å². The van der Waals surface area contributed by atoms with Crippen LogP contribution >= 0.6 is 0 Å².